The molecule has 12 rings (SSSR count). The van der Waals surface area contributed by atoms with Crippen molar-refractivity contribution in [3.63, 3.8) is 0 Å². The zero-order valence-electron chi connectivity index (χ0n) is 29.9. The van der Waals surface area contributed by atoms with Crippen LogP contribution in [0.25, 0.3) is 31.3 Å². The molecule has 0 unspecified atom stereocenters. The van der Waals surface area contributed by atoms with E-state index in [-0.39, 0.29) is 16.2 Å². The topological polar surface area (TPSA) is 3.24 Å². The summed E-state index contributed by atoms with van der Waals surface area (Å²) >= 11 is 1.91. The number of nitrogens with zero attached hydrogens (tertiary/aromatic N) is 1. The van der Waals surface area contributed by atoms with Gasteiger partial charge in [-0.05, 0) is 161 Å². The van der Waals surface area contributed by atoms with Gasteiger partial charge in [0.15, 0.2) is 0 Å². The molecule has 0 aliphatic heterocycles. The van der Waals surface area contributed by atoms with Gasteiger partial charge in [0.25, 0.3) is 0 Å². The lowest BCUT2D eigenvalue weighted by Gasteiger charge is -2.61. The van der Waals surface area contributed by atoms with Gasteiger partial charge >= 0.3 is 0 Å². The van der Waals surface area contributed by atoms with E-state index in [1.165, 1.54) is 104 Å². The standard InChI is InChI=1S/C48H47NS/c1-46(2)19-20-47(3,4)43-28-35(14-17-42(43)46)49(34-15-18-45-39(27-34)37-10-6-8-12-44(37)50-45)33-13-16-41-38(26-33)36-9-5-7-11-40(36)48(41)31-22-29-21-30(24-31)25-32(48)23-29/h5-18,26-32H,19-25H2,1-4H3. The SMILES string of the molecule is CC1(C)CCC(C)(C)c2cc(N(c3ccc4c(c3)-c3ccccc3C43C4CC5CC(C4)CC3C5)c3ccc4sc5ccccc5c4c3)ccc21. The van der Waals surface area contributed by atoms with Crippen molar-refractivity contribution in [2.75, 3.05) is 4.90 Å². The lowest BCUT2D eigenvalue weighted by Crippen LogP contribution is -2.55. The lowest BCUT2D eigenvalue weighted by molar-refractivity contribution is -0.0399. The average Bonchev–Trinajstić information content (AvgIpc) is 3.63. The van der Waals surface area contributed by atoms with Gasteiger partial charge in [-0.25, -0.2) is 0 Å². The summed E-state index contributed by atoms with van der Waals surface area (Å²) < 4.78 is 2.72. The van der Waals surface area contributed by atoms with Crippen molar-refractivity contribution in [1.29, 1.82) is 0 Å². The van der Waals surface area contributed by atoms with Crippen LogP contribution >= 0.6 is 11.3 Å². The third-order valence-corrected chi connectivity index (χ3v) is 15.7. The molecule has 0 atom stereocenters. The van der Waals surface area contributed by atoms with Gasteiger partial charge in [0.2, 0.25) is 0 Å². The monoisotopic (exact) mass is 669 g/mol. The van der Waals surface area contributed by atoms with Crippen LogP contribution in [0.15, 0.2) is 103 Å². The maximum Gasteiger partial charge on any atom is 0.0468 e. The van der Waals surface area contributed by atoms with Crippen LogP contribution in [0.4, 0.5) is 17.1 Å². The fourth-order valence-electron chi connectivity index (χ4n) is 12.3. The van der Waals surface area contributed by atoms with Gasteiger partial charge in [-0.1, -0.05) is 82.3 Å². The normalized spacial score (nSPS) is 27.8. The van der Waals surface area contributed by atoms with E-state index in [1.807, 2.05) is 11.3 Å². The Balaban J connectivity index is 1.13. The van der Waals surface area contributed by atoms with E-state index in [4.69, 9.17) is 0 Å². The highest BCUT2D eigenvalue weighted by Gasteiger charge is 2.61. The number of fused-ring (bicyclic) bond motifs is 7. The Morgan fingerprint density at radius 3 is 1.86 bits per heavy atom. The highest BCUT2D eigenvalue weighted by molar-refractivity contribution is 7.25. The molecule has 4 fully saturated rings. The molecule has 6 aromatic rings. The highest BCUT2D eigenvalue weighted by Crippen LogP contribution is 2.69. The molecule has 4 bridgehead atoms. The molecular formula is C48H47NS. The van der Waals surface area contributed by atoms with Crippen molar-refractivity contribution in [3.8, 4) is 11.1 Å². The van der Waals surface area contributed by atoms with Crippen LogP contribution in [-0.4, -0.2) is 0 Å². The van der Waals surface area contributed by atoms with Crippen LogP contribution in [0.2, 0.25) is 0 Å². The predicted octanol–water partition coefficient (Wildman–Crippen LogP) is 13.6. The summed E-state index contributed by atoms with van der Waals surface area (Å²) in [5.74, 6) is 3.47. The molecule has 1 spiro atoms. The summed E-state index contributed by atoms with van der Waals surface area (Å²) in [4.78, 5) is 2.58. The second-order valence-corrected chi connectivity index (χ2v) is 19.1. The van der Waals surface area contributed by atoms with E-state index >= 15 is 0 Å². The first-order valence-corrected chi connectivity index (χ1v) is 20.1. The first-order chi connectivity index (χ1) is 24.2. The maximum atomic E-state index is 2.59. The Hall–Kier alpha value is -3.88. The molecular weight excluding hydrogens is 623 g/mol. The summed E-state index contributed by atoms with van der Waals surface area (Å²) in [6.45, 7) is 9.78. The minimum absolute atomic E-state index is 0.142. The molecule has 1 heterocycles. The van der Waals surface area contributed by atoms with E-state index in [9.17, 15) is 0 Å². The van der Waals surface area contributed by atoms with E-state index in [2.05, 4.69) is 136 Å². The van der Waals surface area contributed by atoms with Crippen LogP contribution in [0.3, 0.4) is 0 Å². The molecule has 5 aromatic carbocycles. The Morgan fingerprint density at radius 2 is 1.08 bits per heavy atom. The lowest BCUT2D eigenvalue weighted by atomic mass is 9.43. The van der Waals surface area contributed by atoms with E-state index in [1.54, 1.807) is 11.1 Å². The van der Waals surface area contributed by atoms with E-state index in [0.29, 0.717) is 0 Å². The van der Waals surface area contributed by atoms with E-state index in [0.717, 1.165) is 23.7 Å². The van der Waals surface area contributed by atoms with Crippen LogP contribution in [0.1, 0.15) is 94.9 Å². The number of hydrogen-bond acceptors (Lipinski definition) is 2. The molecule has 1 nitrogen and oxygen atoms in total. The predicted molar refractivity (Wildman–Crippen MR) is 213 cm³/mol. The first-order valence-electron chi connectivity index (χ1n) is 19.3. The van der Waals surface area contributed by atoms with Gasteiger partial charge in [0, 0.05) is 42.6 Å². The van der Waals surface area contributed by atoms with Crippen LogP contribution in [0.5, 0.6) is 0 Å². The molecule has 2 heteroatoms. The fraction of sp³-hybridized carbons (Fsp3) is 0.375. The average molecular weight is 670 g/mol. The zero-order valence-corrected chi connectivity index (χ0v) is 30.7. The minimum atomic E-state index is 0.142. The summed E-state index contributed by atoms with van der Waals surface area (Å²) in [7, 11) is 0. The minimum Gasteiger partial charge on any atom is -0.310 e. The van der Waals surface area contributed by atoms with Gasteiger partial charge in [-0.2, -0.15) is 0 Å². The molecule has 0 amide bonds. The second-order valence-electron chi connectivity index (χ2n) is 18.1. The van der Waals surface area contributed by atoms with Gasteiger partial charge in [-0.3, -0.25) is 0 Å². The Morgan fingerprint density at radius 1 is 0.500 bits per heavy atom. The van der Waals surface area contributed by atoms with Gasteiger partial charge < -0.3 is 4.90 Å². The molecule has 250 valence electrons. The second kappa shape index (κ2) is 10.1. The number of hydrogen-bond donors (Lipinski definition) is 0. The van der Waals surface area contributed by atoms with Gasteiger partial charge in [0.1, 0.15) is 0 Å². The number of rotatable bonds is 3. The summed E-state index contributed by atoms with van der Waals surface area (Å²) in [6, 6.07) is 40.7. The largest absolute Gasteiger partial charge is 0.310 e. The van der Waals surface area contributed by atoms with Crippen molar-refractivity contribution in [3.05, 3.63) is 125 Å². The van der Waals surface area contributed by atoms with Crippen LogP contribution in [-0.2, 0) is 16.2 Å². The van der Waals surface area contributed by atoms with Crippen molar-refractivity contribution >= 4 is 48.6 Å². The molecule has 0 saturated heterocycles. The van der Waals surface area contributed by atoms with Crippen molar-refractivity contribution in [2.45, 2.75) is 88.9 Å². The Bertz CT molecular complexity index is 2340. The molecule has 1 aromatic heterocycles. The van der Waals surface area contributed by atoms with Crippen LogP contribution < -0.4 is 4.90 Å². The molecule has 6 aliphatic rings. The third-order valence-electron chi connectivity index (χ3n) is 14.5. The molecule has 50 heavy (non-hydrogen) atoms. The summed E-state index contributed by atoms with van der Waals surface area (Å²) in [6.07, 6.45) is 9.62. The van der Waals surface area contributed by atoms with Gasteiger partial charge in [0.05, 0.1) is 0 Å². The quantitative estimate of drug-likeness (QED) is 0.181. The zero-order chi connectivity index (χ0) is 33.6. The Kier molecular flexibility index (Phi) is 6.04. The Labute approximate surface area is 301 Å². The van der Waals surface area contributed by atoms with Crippen molar-refractivity contribution < 1.29 is 0 Å². The van der Waals surface area contributed by atoms with Crippen molar-refractivity contribution in [2.24, 2.45) is 23.7 Å². The summed E-state index contributed by atoms with van der Waals surface area (Å²) in [5.41, 5.74) is 13.6. The molecule has 0 radical (unpaired) electrons. The van der Waals surface area contributed by atoms with Crippen molar-refractivity contribution in [1.82, 2.24) is 0 Å². The first kappa shape index (κ1) is 29.8. The highest BCUT2D eigenvalue weighted by atomic mass is 32.1. The number of benzene rings is 5. The molecule has 0 N–H and O–H groups in total. The number of thiophene rings is 1. The smallest absolute Gasteiger partial charge is 0.0468 e. The molecule has 4 saturated carbocycles. The third kappa shape index (κ3) is 3.95. The van der Waals surface area contributed by atoms with E-state index < -0.39 is 0 Å². The molecule has 6 aliphatic carbocycles. The maximum absolute atomic E-state index is 2.59. The van der Waals surface area contributed by atoms with Crippen LogP contribution in [0, 0.1) is 23.7 Å². The summed E-state index contributed by atoms with van der Waals surface area (Å²) in [5, 5.41) is 2.71. The fourth-order valence-corrected chi connectivity index (χ4v) is 13.4. The number of anilines is 3. The van der Waals surface area contributed by atoms with Gasteiger partial charge in [-0.15, -0.1) is 11.3 Å².